The van der Waals surface area contributed by atoms with Gasteiger partial charge in [-0.1, -0.05) is 56.8 Å². The van der Waals surface area contributed by atoms with E-state index in [0.717, 1.165) is 0 Å². The summed E-state index contributed by atoms with van der Waals surface area (Å²) in [6.07, 6.45) is 0.121. The third-order valence-electron chi connectivity index (χ3n) is 4.76. The minimum absolute atomic E-state index is 0.0643. The molecule has 0 aliphatic rings. The number of hydrogen-bond donors (Lipinski definition) is 2. The molecule has 174 valence electrons. The second-order valence-electron chi connectivity index (χ2n) is 8.25. The van der Waals surface area contributed by atoms with Crippen LogP contribution in [0.3, 0.4) is 0 Å². The molecule has 0 atom stereocenters. The van der Waals surface area contributed by atoms with E-state index in [1.54, 1.807) is 12.1 Å². The van der Waals surface area contributed by atoms with Crippen LogP contribution in [0.4, 0.5) is 11.4 Å². The fraction of sp³-hybridized carbons (Fsp3) is 0.318. The maximum atomic E-state index is 12.2. The summed E-state index contributed by atoms with van der Waals surface area (Å²) in [5.74, 6) is 7.23. The number of anilines is 1. The normalized spacial score (nSPS) is 11.2. The van der Waals surface area contributed by atoms with Crippen molar-refractivity contribution in [2.24, 2.45) is 0 Å². The van der Waals surface area contributed by atoms with Crippen LogP contribution < -0.4 is 15.9 Å². The Morgan fingerprint density at radius 1 is 1.18 bits per heavy atom. The molecule has 0 aliphatic carbocycles. The van der Waals surface area contributed by atoms with Crippen LogP contribution in [0.15, 0.2) is 53.7 Å². The molecule has 0 bridgehead atoms. The summed E-state index contributed by atoms with van der Waals surface area (Å²) in [5.41, 5.74) is 1.28. The molecular weight excluding hydrogens is 444 g/mol. The quantitative estimate of drug-likeness (QED) is 0.208. The number of para-hydroxylation sites is 2. The standard InChI is InChI=1S/C22H26N6O4S/c1-22(2,3)15-8-10-16(11-9-15)32-14-19-25-26-21(27(19)23)33-13-12-20(29)24-17-6-4-5-7-18(17)28(30)31/h4-11H,12-14,23H2,1-3H3,(H,24,29). The van der Waals surface area contributed by atoms with Crippen LogP contribution in [0.5, 0.6) is 5.75 Å². The lowest BCUT2D eigenvalue weighted by Gasteiger charge is -2.19. The highest BCUT2D eigenvalue weighted by atomic mass is 32.2. The molecule has 10 nitrogen and oxygen atoms in total. The molecule has 0 saturated heterocycles. The van der Waals surface area contributed by atoms with Crippen LogP contribution in [0.1, 0.15) is 38.6 Å². The van der Waals surface area contributed by atoms with E-state index in [9.17, 15) is 14.9 Å². The number of amides is 1. The van der Waals surface area contributed by atoms with Gasteiger partial charge in [0.1, 0.15) is 18.0 Å². The highest BCUT2D eigenvalue weighted by Crippen LogP contribution is 2.25. The summed E-state index contributed by atoms with van der Waals surface area (Å²) in [7, 11) is 0. The Labute approximate surface area is 195 Å². The summed E-state index contributed by atoms with van der Waals surface area (Å²) >= 11 is 1.26. The number of carbonyl (C=O) groups is 1. The van der Waals surface area contributed by atoms with Crippen molar-refractivity contribution in [3.63, 3.8) is 0 Å². The molecule has 0 spiro atoms. The van der Waals surface area contributed by atoms with E-state index in [0.29, 0.717) is 22.5 Å². The van der Waals surface area contributed by atoms with Gasteiger partial charge in [0.25, 0.3) is 5.69 Å². The summed E-state index contributed by atoms with van der Waals surface area (Å²) in [6.45, 7) is 6.59. The Hall–Kier alpha value is -3.60. The minimum atomic E-state index is -0.538. The minimum Gasteiger partial charge on any atom is -0.486 e. The fourth-order valence-electron chi connectivity index (χ4n) is 2.89. The summed E-state index contributed by atoms with van der Waals surface area (Å²) in [6, 6.07) is 13.9. The number of hydrogen-bond acceptors (Lipinski definition) is 8. The van der Waals surface area contributed by atoms with Gasteiger partial charge in [-0.15, -0.1) is 10.2 Å². The summed E-state index contributed by atoms with van der Waals surface area (Å²) in [5, 5.41) is 22.1. The molecule has 1 heterocycles. The second kappa shape index (κ2) is 10.3. The van der Waals surface area contributed by atoms with E-state index in [1.807, 2.05) is 24.3 Å². The van der Waals surface area contributed by atoms with Gasteiger partial charge in [0, 0.05) is 18.2 Å². The Kier molecular flexibility index (Phi) is 7.54. The van der Waals surface area contributed by atoms with E-state index < -0.39 is 4.92 Å². The molecule has 0 aliphatic heterocycles. The van der Waals surface area contributed by atoms with Crippen molar-refractivity contribution in [3.05, 3.63) is 70.0 Å². The lowest BCUT2D eigenvalue weighted by Crippen LogP contribution is -2.17. The number of nitro benzene ring substituents is 1. The zero-order valence-corrected chi connectivity index (χ0v) is 19.5. The summed E-state index contributed by atoms with van der Waals surface area (Å²) < 4.78 is 7.09. The number of rotatable bonds is 9. The number of thioether (sulfide) groups is 1. The number of carbonyl (C=O) groups excluding carboxylic acids is 1. The van der Waals surface area contributed by atoms with Crippen LogP contribution in [-0.4, -0.2) is 31.5 Å². The number of nitro groups is 1. The first-order valence-corrected chi connectivity index (χ1v) is 11.2. The molecule has 3 N–H and O–H groups in total. The average molecular weight is 471 g/mol. The molecule has 33 heavy (non-hydrogen) atoms. The topological polar surface area (TPSA) is 138 Å². The largest absolute Gasteiger partial charge is 0.486 e. The lowest BCUT2D eigenvalue weighted by molar-refractivity contribution is -0.383. The SMILES string of the molecule is CC(C)(C)c1ccc(OCc2nnc(SCCC(=O)Nc3ccccc3[N+](=O)[O-])n2N)cc1. The van der Waals surface area contributed by atoms with Crippen LogP contribution in [0, 0.1) is 10.1 Å². The van der Waals surface area contributed by atoms with Gasteiger partial charge in [0.05, 0.1) is 4.92 Å². The highest BCUT2D eigenvalue weighted by molar-refractivity contribution is 7.99. The van der Waals surface area contributed by atoms with E-state index >= 15 is 0 Å². The van der Waals surface area contributed by atoms with Crippen LogP contribution >= 0.6 is 11.8 Å². The molecule has 2 aromatic carbocycles. The van der Waals surface area contributed by atoms with Crippen molar-refractivity contribution in [1.82, 2.24) is 14.9 Å². The Bertz CT molecular complexity index is 1120. The van der Waals surface area contributed by atoms with E-state index in [4.69, 9.17) is 10.6 Å². The van der Waals surface area contributed by atoms with Gasteiger partial charge < -0.3 is 15.9 Å². The zero-order valence-electron chi connectivity index (χ0n) is 18.6. The molecular formula is C22H26N6O4S. The van der Waals surface area contributed by atoms with Gasteiger partial charge >= 0.3 is 0 Å². The van der Waals surface area contributed by atoms with Gasteiger partial charge in [0.2, 0.25) is 11.1 Å². The van der Waals surface area contributed by atoms with E-state index in [2.05, 4.69) is 36.3 Å². The Morgan fingerprint density at radius 3 is 2.55 bits per heavy atom. The molecule has 3 aromatic rings. The number of nitrogens with one attached hydrogen (secondary N) is 1. The van der Waals surface area contributed by atoms with Crippen molar-refractivity contribution >= 4 is 29.0 Å². The Morgan fingerprint density at radius 2 is 1.88 bits per heavy atom. The summed E-state index contributed by atoms with van der Waals surface area (Å²) in [4.78, 5) is 22.7. The first-order valence-electron chi connectivity index (χ1n) is 10.2. The third kappa shape index (κ3) is 6.45. The maximum absolute atomic E-state index is 12.2. The number of nitrogen functional groups attached to an aromatic ring is 1. The average Bonchev–Trinajstić information content (AvgIpc) is 3.11. The molecule has 3 rings (SSSR count). The van der Waals surface area contributed by atoms with Gasteiger partial charge in [-0.2, -0.15) is 0 Å². The number of benzene rings is 2. The second-order valence-corrected chi connectivity index (χ2v) is 9.31. The smallest absolute Gasteiger partial charge is 0.292 e. The van der Waals surface area contributed by atoms with Gasteiger partial charge in [-0.3, -0.25) is 14.9 Å². The lowest BCUT2D eigenvalue weighted by atomic mass is 9.87. The van der Waals surface area contributed by atoms with Gasteiger partial charge in [-0.05, 0) is 29.2 Å². The third-order valence-corrected chi connectivity index (χ3v) is 5.70. The van der Waals surface area contributed by atoms with Gasteiger partial charge in [-0.25, -0.2) is 4.68 Å². The van der Waals surface area contributed by atoms with Crippen LogP contribution in [0.2, 0.25) is 0 Å². The molecule has 1 amide bonds. The van der Waals surface area contributed by atoms with E-state index in [-0.39, 0.29) is 35.7 Å². The number of nitrogens with zero attached hydrogens (tertiary/aromatic N) is 4. The number of aromatic nitrogens is 3. The van der Waals surface area contributed by atoms with Crippen molar-refractivity contribution < 1.29 is 14.5 Å². The first-order chi connectivity index (χ1) is 15.6. The monoisotopic (exact) mass is 470 g/mol. The van der Waals surface area contributed by atoms with Gasteiger partial charge in [0.15, 0.2) is 5.82 Å². The van der Waals surface area contributed by atoms with Crippen molar-refractivity contribution in [3.8, 4) is 5.75 Å². The van der Waals surface area contributed by atoms with E-state index in [1.165, 1.54) is 34.1 Å². The molecule has 0 radical (unpaired) electrons. The predicted octanol–water partition coefficient (Wildman–Crippen LogP) is 3.90. The zero-order chi connectivity index (χ0) is 24.0. The molecule has 0 fully saturated rings. The molecule has 0 unspecified atom stereocenters. The molecule has 0 saturated carbocycles. The Balaban J connectivity index is 1.49. The molecule has 11 heteroatoms. The van der Waals surface area contributed by atoms with Crippen LogP contribution in [0.25, 0.3) is 0 Å². The fourth-order valence-corrected chi connectivity index (χ4v) is 3.70. The maximum Gasteiger partial charge on any atom is 0.292 e. The first kappa shape index (κ1) is 24.1. The van der Waals surface area contributed by atoms with Crippen molar-refractivity contribution in [2.45, 2.75) is 44.4 Å². The number of ether oxygens (including phenoxy) is 1. The molecule has 1 aromatic heterocycles. The van der Waals surface area contributed by atoms with Crippen molar-refractivity contribution in [2.75, 3.05) is 16.9 Å². The van der Waals surface area contributed by atoms with Crippen molar-refractivity contribution in [1.29, 1.82) is 0 Å². The predicted molar refractivity (Wildman–Crippen MR) is 127 cm³/mol. The van der Waals surface area contributed by atoms with Crippen LogP contribution in [-0.2, 0) is 16.8 Å². The highest BCUT2D eigenvalue weighted by Gasteiger charge is 2.16. The number of nitrogens with two attached hydrogens (primary N) is 1.